The number of benzene rings is 5. The molecule has 0 unspecified atom stereocenters. The molecule has 0 saturated carbocycles. The third-order valence-corrected chi connectivity index (χ3v) is 10.8. The van der Waals surface area contributed by atoms with Crippen molar-refractivity contribution < 1.29 is 4.58 Å². The number of rotatable bonds is 9. The van der Waals surface area contributed by atoms with Gasteiger partial charge in [-0.05, 0) is 78.6 Å². The molecule has 52 heavy (non-hydrogen) atoms. The first-order valence-corrected chi connectivity index (χ1v) is 18.4. The van der Waals surface area contributed by atoms with E-state index in [-0.39, 0.29) is 0 Å². The molecule has 5 heteroatoms. The minimum Gasteiger partial charge on any atom is -0.345 e. The molecule has 1 aromatic heterocycles. The molecule has 7 rings (SSSR count). The second-order valence-corrected chi connectivity index (χ2v) is 13.7. The molecular weight excluding hydrogens is 653 g/mol. The van der Waals surface area contributed by atoms with Crippen molar-refractivity contribution in [1.29, 1.82) is 0 Å². The summed E-state index contributed by atoms with van der Waals surface area (Å²) in [5.74, 6) is 0. The lowest BCUT2D eigenvalue weighted by atomic mass is 9.91. The van der Waals surface area contributed by atoms with E-state index in [0.29, 0.717) is 5.69 Å². The minimum atomic E-state index is 0.676. The van der Waals surface area contributed by atoms with Gasteiger partial charge in [0.15, 0.2) is 0 Å². The number of hydrogen-bond donors (Lipinski definition) is 0. The lowest BCUT2D eigenvalue weighted by molar-refractivity contribution is -0.403. The summed E-state index contributed by atoms with van der Waals surface area (Å²) < 4.78 is 2.20. The van der Waals surface area contributed by atoms with Crippen LogP contribution in [0.5, 0.6) is 0 Å². The predicted molar refractivity (Wildman–Crippen MR) is 222 cm³/mol. The van der Waals surface area contributed by atoms with Gasteiger partial charge in [0.2, 0.25) is 17.1 Å². The highest BCUT2D eigenvalue weighted by molar-refractivity contribution is 7.18. The van der Waals surface area contributed by atoms with Crippen LogP contribution in [0.1, 0.15) is 22.9 Å². The maximum atomic E-state index is 8.62. The number of nitrogens with zero attached hydrogens (tertiary/aromatic N) is 4. The van der Waals surface area contributed by atoms with E-state index >= 15 is 0 Å². The van der Waals surface area contributed by atoms with Crippen molar-refractivity contribution in [3.63, 3.8) is 0 Å². The second kappa shape index (κ2) is 15.3. The van der Waals surface area contributed by atoms with Crippen molar-refractivity contribution in [2.75, 3.05) is 30.4 Å². The Kier molecular flexibility index (Phi) is 10.1. The molecule has 0 spiro atoms. The van der Waals surface area contributed by atoms with Crippen LogP contribution in [0.2, 0.25) is 0 Å². The van der Waals surface area contributed by atoms with Gasteiger partial charge in [-0.15, -0.1) is 11.3 Å². The average molecular weight is 694 g/mol. The summed E-state index contributed by atoms with van der Waals surface area (Å²) in [7, 11) is 4.20. The standard InChI is InChI=1S/C47H41N4S/c1-6-51(42-25-17-16-18-34(42)2)47-45(48-3)44(35-19-10-7-11-20-35)46(52-47)43(36-26-30-40(31-27-36)49(4)38-21-12-8-13-22-38)37-28-32-41(33-29-37)50(5)39-23-14-9-15-24-39/h7-33H,6H2,1-2,4-5H3/q+1. The molecule has 5 aromatic carbocycles. The molecule has 0 aliphatic heterocycles. The Labute approximate surface area is 311 Å². The summed E-state index contributed by atoms with van der Waals surface area (Å²) in [6, 6.07) is 48.5. The molecule has 1 aliphatic carbocycles. The van der Waals surface area contributed by atoms with Crippen molar-refractivity contribution in [1.82, 2.24) is 0 Å². The zero-order valence-corrected chi connectivity index (χ0v) is 30.8. The van der Waals surface area contributed by atoms with E-state index in [1.54, 1.807) is 11.3 Å². The predicted octanol–water partition coefficient (Wildman–Crippen LogP) is 12.5. The van der Waals surface area contributed by atoms with Gasteiger partial charge in [-0.2, -0.15) is 4.58 Å². The van der Waals surface area contributed by atoms with Crippen molar-refractivity contribution in [3.05, 3.63) is 197 Å². The zero-order valence-electron chi connectivity index (χ0n) is 30.0. The highest BCUT2D eigenvalue weighted by Gasteiger charge is 2.28. The van der Waals surface area contributed by atoms with Gasteiger partial charge in [0, 0.05) is 71.0 Å². The smallest absolute Gasteiger partial charge is 0.229 e. The van der Waals surface area contributed by atoms with E-state index in [1.807, 2.05) is 18.2 Å². The summed E-state index contributed by atoms with van der Waals surface area (Å²) >= 11 is 1.71. The van der Waals surface area contributed by atoms with Gasteiger partial charge in [-0.25, -0.2) is 4.85 Å². The third-order valence-electron chi connectivity index (χ3n) is 9.61. The zero-order chi connectivity index (χ0) is 36.0. The number of allylic oxidation sites excluding steroid dienone is 5. The number of aryl methyl sites for hydroxylation is 1. The lowest BCUT2D eigenvalue weighted by Gasteiger charge is -2.24. The van der Waals surface area contributed by atoms with E-state index in [0.717, 1.165) is 72.7 Å². The first-order valence-electron chi connectivity index (χ1n) is 17.6. The molecule has 0 atom stereocenters. The van der Waals surface area contributed by atoms with Crippen LogP contribution in [-0.4, -0.2) is 30.9 Å². The van der Waals surface area contributed by atoms with Gasteiger partial charge < -0.3 is 9.80 Å². The van der Waals surface area contributed by atoms with Gasteiger partial charge in [-0.1, -0.05) is 97.1 Å². The van der Waals surface area contributed by atoms with Gasteiger partial charge in [0.25, 0.3) is 0 Å². The molecular formula is C47H41N4S+. The fourth-order valence-corrected chi connectivity index (χ4v) is 8.20. The van der Waals surface area contributed by atoms with Gasteiger partial charge in [0.05, 0.1) is 6.57 Å². The number of anilines is 4. The molecule has 0 N–H and O–H groups in total. The van der Waals surface area contributed by atoms with Crippen LogP contribution >= 0.6 is 11.3 Å². The maximum Gasteiger partial charge on any atom is 0.229 e. The third kappa shape index (κ3) is 6.77. The Morgan fingerprint density at radius 1 is 0.712 bits per heavy atom. The molecule has 0 saturated heterocycles. The molecule has 0 amide bonds. The van der Waals surface area contributed by atoms with Gasteiger partial charge in [0.1, 0.15) is 12.0 Å². The SMILES string of the molecule is [C-]#[N+]c1c(N(CC)c2ccccc2C)sc(C(=C2C=CC(=[N+](C)c3ccccc3)C=C2)c2ccc(N(C)c3ccccc3)cc2)c1-c1ccccc1. The summed E-state index contributed by atoms with van der Waals surface area (Å²) in [5.41, 5.74) is 12.7. The topological polar surface area (TPSA) is 13.8 Å². The summed E-state index contributed by atoms with van der Waals surface area (Å²) in [5, 5.41) is 0.957. The van der Waals surface area contributed by atoms with Gasteiger partial charge in [-0.3, -0.25) is 0 Å². The van der Waals surface area contributed by atoms with Crippen LogP contribution in [-0.2, 0) is 0 Å². The van der Waals surface area contributed by atoms with E-state index in [1.165, 1.54) is 5.56 Å². The number of thiophene rings is 1. The monoisotopic (exact) mass is 693 g/mol. The fraction of sp³-hybridized carbons (Fsp3) is 0.106. The Bertz CT molecular complexity index is 2340. The molecule has 1 heterocycles. The van der Waals surface area contributed by atoms with Crippen molar-refractivity contribution in [3.8, 4) is 11.1 Å². The molecule has 1 aliphatic rings. The van der Waals surface area contributed by atoms with E-state index in [9.17, 15) is 0 Å². The molecule has 0 bridgehead atoms. The van der Waals surface area contributed by atoms with Crippen LogP contribution in [0.3, 0.4) is 0 Å². The van der Waals surface area contributed by atoms with Crippen molar-refractivity contribution in [2.24, 2.45) is 0 Å². The van der Waals surface area contributed by atoms with Crippen LogP contribution in [0.25, 0.3) is 21.5 Å². The Balaban J connectivity index is 1.46. The molecule has 254 valence electrons. The highest BCUT2D eigenvalue weighted by atomic mass is 32.1. The highest BCUT2D eigenvalue weighted by Crippen LogP contribution is 2.54. The van der Waals surface area contributed by atoms with Crippen LogP contribution in [0, 0.1) is 13.5 Å². The lowest BCUT2D eigenvalue weighted by Crippen LogP contribution is -2.15. The van der Waals surface area contributed by atoms with E-state index in [2.05, 4.69) is 193 Å². The quantitative estimate of drug-likeness (QED) is 0.111. The maximum absolute atomic E-state index is 8.62. The normalized spacial score (nSPS) is 12.1. The first kappa shape index (κ1) is 34.2. The van der Waals surface area contributed by atoms with Crippen LogP contribution < -0.4 is 9.80 Å². The van der Waals surface area contributed by atoms with E-state index < -0.39 is 0 Å². The Hall–Kier alpha value is -6.22. The summed E-state index contributed by atoms with van der Waals surface area (Å²) in [6.07, 6.45) is 8.83. The average Bonchev–Trinajstić information content (AvgIpc) is 3.58. The van der Waals surface area contributed by atoms with Crippen molar-refractivity contribution in [2.45, 2.75) is 13.8 Å². The van der Waals surface area contributed by atoms with E-state index in [4.69, 9.17) is 6.57 Å². The molecule has 0 fully saturated rings. The molecule has 6 aromatic rings. The van der Waals surface area contributed by atoms with Crippen molar-refractivity contribution >= 4 is 56.1 Å². The molecule has 4 nitrogen and oxygen atoms in total. The first-order chi connectivity index (χ1) is 25.5. The second-order valence-electron chi connectivity index (χ2n) is 12.7. The van der Waals surface area contributed by atoms with Crippen LogP contribution in [0.4, 0.5) is 33.4 Å². The number of para-hydroxylation sites is 3. The largest absolute Gasteiger partial charge is 0.345 e. The summed E-state index contributed by atoms with van der Waals surface area (Å²) in [6.45, 7) is 13.7. The van der Waals surface area contributed by atoms with Crippen LogP contribution in [0.15, 0.2) is 169 Å². The Morgan fingerprint density at radius 3 is 1.90 bits per heavy atom. The fourth-order valence-electron chi connectivity index (χ4n) is 6.77. The number of hydrogen-bond acceptors (Lipinski definition) is 3. The van der Waals surface area contributed by atoms with Gasteiger partial charge >= 0.3 is 0 Å². The minimum absolute atomic E-state index is 0.676. The molecule has 0 radical (unpaired) electrons. The Morgan fingerprint density at radius 2 is 1.29 bits per heavy atom. The summed E-state index contributed by atoms with van der Waals surface area (Å²) in [4.78, 5) is 9.88.